The van der Waals surface area contributed by atoms with Gasteiger partial charge in [0.2, 0.25) is 0 Å². The molecule has 2 atom stereocenters. The second kappa shape index (κ2) is 7.08. The Morgan fingerprint density at radius 3 is 2.92 bits per heavy atom. The summed E-state index contributed by atoms with van der Waals surface area (Å²) in [5, 5.41) is 4.35. The summed E-state index contributed by atoms with van der Waals surface area (Å²) >= 11 is 0. The summed E-state index contributed by atoms with van der Waals surface area (Å²) < 4.78 is 1.94. The Balaban J connectivity index is 1.47. The highest BCUT2D eigenvalue weighted by atomic mass is 15.3. The van der Waals surface area contributed by atoms with Gasteiger partial charge in [0.25, 0.3) is 0 Å². The summed E-state index contributed by atoms with van der Waals surface area (Å²) in [7, 11) is 0. The fourth-order valence-electron chi connectivity index (χ4n) is 4.44. The van der Waals surface area contributed by atoms with E-state index >= 15 is 0 Å². The van der Waals surface area contributed by atoms with Gasteiger partial charge in [-0.15, -0.1) is 0 Å². The molecule has 4 heterocycles. The first-order chi connectivity index (χ1) is 11.8. The highest BCUT2D eigenvalue weighted by Crippen LogP contribution is 2.29. The largest absolute Gasteiger partial charge is 0.299 e. The number of rotatable bonds is 5. The molecule has 0 spiro atoms. The zero-order valence-electron chi connectivity index (χ0n) is 14.6. The maximum Gasteiger partial charge on any atom is 0.0648 e. The zero-order chi connectivity index (χ0) is 16.4. The lowest BCUT2D eigenvalue weighted by atomic mass is 9.95. The molecule has 0 aliphatic carbocycles. The van der Waals surface area contributed by atoms with E-state index in [1.807, 2.05) is 23.1 Å². The molecule has 1 aromatic heterocycles. The van der Waals surface area contributed by atoms with E-state index in [4.69, 9.17) is 0 Å². The molecule has 1 aromatic carbocycles. The average Bonchev–Trinajstić information content (AvgIpc) is 3.00. The fourth-order valence-corrected chi connectivity index (χ4v) is 4.44. The molecule has 3 aliphatic heterocycles. The predicted octanol–water partition coefficient (Wildman–Crippen LogP) is 3.18. The summed E-state index contributed by atoms with van der Waals surface area (Å²) in [6, 6.07) is 11.6. The number of benzene rings is 1. The molecule has 3 fully saturated rings. The minimum atomic E-state index is 0.762. The number of hydrogen-bond acceptors (Lipinski definition) is 3. The van der Waals surface area contributed by atoms with E-state index < -0.39 is 0 Å². The molecule has 2 bridgehead atoms. The van der Waals surface area contributed by atoms with Crippen LogP contribution in [0.4, 0.5) is 0 Å². The van der Waals surface area contributed by atoms with Gasteiger partial charge in [-0.25, -0.2) is 4.68 Å². The van der Waals surface area contributed by atoms with E-state index in [0.29, 0.717) is 0 Å². The number of aromatic nitrogens is 2. The highest BCUT2D eigenvalue weighted by Gasteiger charge is 2.34. The Labute approximate surface area is 145 Å². The van der Waals surface area contributed by atoms with Crippen molar-refractivity contribution in [3.63, 3.8) is 0 Å². The topological polar surface area (TPSA) is 24.3 Å². The third-order valence-corrected chi connectivity index (χ3v) is 5.50. The first-order valence-electron chi connectivity index (χ1n) is 9.37. The van der Waals surface area contributed by atoms with Gasteiger partial charge >= 0.3 is 0 Å². The van der Waals surface area contributed by atoms with Gasteiger partial charge in [0.15, 0.2) is 0 Å². The van der Waals surface area contributed by atoms with Crippen LogP contribution in [0.3, 0.4) is 0 Å². The summed E-state index contributed by atoms with van der Waals surface area (Å²) in [6.07, 6.45) is 7.91. The molecule has 2 aromatic rings. The molecule has 3 aliphatic rings. The van der Waals surface area contributed by atoms with Crippen molar-refractivity contribution >= 4 is 0 Å². The highest BCUT2D eigenvalue weighted by molar-refractivity contribution is 5.35. The van der Waals surface area contributed by atoms with Crippen molar-refractivity contribution in [1.82, 2.24) is 19.6 Å². The van der Waals surface area contributed by atoms with Crippen LogP contribution in [-0.2, 0) is 6.54 Å². The van der Waals surface area contributed by atoms with Crippen molar-refractivity contribution in [3.8, 4) is 5.69 Å². The first-order valence-corrected chi connectivity index (χ1v) is 9.37. The Morgan fingerprint density at radius 2 is 2.08 bits per heavy atom. The van der Waals surface area contributed by atoms with Gasteiger partial charge < -0.3 is 0 Å². The molecule has 0 unspecified atom stereocenters. The minimum absolute atomic E-state index is 0.762. The van der Waals surface area contributed by atoms with Gasteiger partial charge in [-0.3, -0.25) is 9.80 Å². The van der Waals surface area contributed by atoms with Crippen molar-refractivity contribution in [2.24, 2.45) is 5.92 Å². The smallest absolute Gasteiger partial charge is 0.0648 e. The van der Waals surface area contributed by atoms with E-state index in [1.165, 1.54) is 51.0 Å². The molecule has 4 heteroatoms. The van der Waals surface area contributed by atoms with Crippen LogP contribution in [0.25, 0.3) is 5.69 Å². The number of hydrogen-bond donors (Lipinski definition) is 0. The molecule has 4 nitrogen and oxygen atoms in total. The lowest BCUT2D eigenvalue weighted by molar-refractivity contribution is 0.131. The molecular formula is C20H28N4. The van der Waals surface area contributed by atoms with Crippen molar-refractivity contribution in [2.45, 2.75) is 38.8 Å². The zero-order valence-corrected chi connectivity index (χ0v) is 14.6. The lowest BCUT2D eigenvalue weighted by Crippen LogP contribution is -2.44. The average molecular weight is 324 g/mol. The van der Waals surface area contributed by atoms with Crippen LogP contribution in [0.15, 0.2) is 42.7 Å². The number of nitrogens with zero attached hydrogens (tertiary/aromatic N) is 4. The van der Waals surface area contributed by atoms with Crippen LogP contribution in [0.5, 0.6) is 0 Å². The van der Waals surface area contributed by atoms with Gasteiger partial charge in [0, 0.05) is 44.6 Å². The normalized spacial score (nSPS) is 25.0. The SMILES string of the molecule is CCCN1C[C@H]2CC[C@@H]1CN(Cc1cccc(-n3cccn3)c1)C2. The number of piperidine rings is 1. The lowest BCUT2D eigenvalue weighted by Gasteiger charge is -2.35. The first kappa shape index (κ1) is 15.9. The van der Waals surface area contributed by atoms with Crippen molar-refractivity contribution in [2.75, 3.05) is 26.2 Å². The monoisotopic (exact) mass is 324 g/mol. The van der Waals surface area contributed by atoms with Gasteiger partial charge in [-0.2, -0.15) is 5.10 Å². The van der Waals surface area contributed by atoms with E-state index in [0.717, 1.165) is 24.2 Å². The van der Waals surface area contributed by atoms with Gasteiger partial charge in [-0.05, 0) is 55.5 Å². The van der Waals surface area contributed by atoms with Crippen LogP contribution in [0.1, 0.15) is 31.7 Å². The third-order valence-electron chi connectivity index (χ3n) is 5.50. The van der Waals surface area contributed by atoms with Crippen molar-refractivity contribution in [3.05, 3.63) is 48.3 Å². The molecule has 0 amide bonds. The summed E-state index contributed by atoms with van der Waals surface area (Å²) in [5.41, 5.74) is 2.55. The Kier molecular flexibility index (Phi) is 4.67. The van der Waals surface area contributed by atoms with Gasteiger partial charge in [-0.1, -0.05) is 19.1 Å². The van der Waals surface area contributed by atoms with Crippen LogP contribution in [-0.4, -0.2) is 51.8 Å². The molecule has 128 valence electrons. The molecule has 0 saturated carbocycles. The van der Waals surface area contributed by atoms with Crippen LogP contribution in [0.2, 0.25) is 0 Å². The van der Waals surface area contributed by atoms with Crippen LogP contribution >= 0.6 is 0 Å². The van der Waals surface area contributed by atoms with Crippen LogP contribution < -0.4 is 0 Å². The quantitative estimate of drug-likeness (QED) is 0.844. The molecule has 3 saturated heterocycles. The Morgan fingerprint density at radius 1 is 1.12 bits per heavy atom. The Hall–Kier alpha value is -1.65. The van der Waals surface area contributed by atoms with Crippen molar-refractivity contribution < 1.29 is 0 Å². The molecule has 0 radical (unpaired) electrons. The third kappa shape index (κ3) is 3.40. The molecule has 5 rings (SSSR count). The predicted molar refractivity (Wildman–Crippen MR) is 97.2 cm³/mol. The second-order valence-corrected chi connectivity index (χ2v) is 7.41. The maximum atomic E-state index is 4.35. The Bertz CT molecular complexity index is 651. The van der Waals surface area contributed by atoms with E-state index in [9.17, 15) is 0 Å². The summed E-state index contributed by atoms with van der Waals surface area (Å²) in [5.74, 6) is 0.851. The molecular weight excluding hydrogens is 296 g/mol. The van der Waals surface area contributed by atoms with E-state index in [1.54, 1.807) is 0 Å². The summed E-state index contributed by atoms with van der Waals surface area (Å²) in [6.45, 7) is 8.41. The van der Waals surface area contributed by atoms with Crippen molar-refractivity contribution in [1.29, 1.82) is 0 Å². The van der Waals surface area contributed by atoms with E-state index in [-0.39, 0.29) is 0 Å². The molecule has 0 N–H and O–H groups in total. The standard InChI is InChI=1S/C20H28N4/c1-2-10-23-15-18-7-8-20(23)16-22(14-18)13-17-5-3-6-19(12-17)24-11-4-9-21-24/h3-6,9,11-12,18,20H,2,7-8,10,13-16H2,1H3/t18-,20+/m0/s1. The molecule has 24 heavy (non-hydrogen) atoms. The summed E-state index contributed by atoms with van der Waals surface area (Å²) in [4.78, 5) is 5.43. The minimum Gasteiger partial charge on any atom is -0.299 e. The van der Waals surface area contributed by atoms with Crippen LogP contribution in [0, 0.1) is 5.92 Å². The second-order valence-electron chi connectivity index (χ2n) is 7.41. The number of fused-ring (bicyclic) bond motifs is 4. The van der Waals surface area contributed by atoms with Gasteiger partial charge in [0.05, 0.1) is 5.69 Å². The maximum absolute atomic E-state index is 4.35. The van der Waals surface area contributed by atoms with E-state index in [2.05, 4.69) is 46.1 Å². The van der Waals surface area contributed by atoms with Gasteiger partial charge in [0.1, 0.15) is 0 Å². The fraction of sp³-hybridized carbons (Fsp3) is 0.550.